The van der Waals surface area contributed by atoms with Gasteiger partial charge in [-0.3, -0.25) is 4.90 Å². The molecular formula is C23H24F3N3O2S. The maximum absolute atomic E-state index is 13.0. The summed E-state index contributed by atoms with van der Waals surface area (Å²) in [6.07, 6.45) is -4.36. The molecule has 1 aliphatic rings. The molecule has 1 atom stereocenters. The zero-order valence-corrected chi connectivity index (χ0v) is 18.9. The zero-order valence-electron chi connectivity index (χ0n) is 18.1. The molecule has 1 unspecified atom stereocenters. The van der Waals surface area contributed by atoms with Crippen molar-refractivity contribution >= 4 is 32.7 Å². The van der Waals surface area contributed by atoms with Crippen LogP contribution in [0.1, 0.15) is 34.0 Å². The molecule has 0 radical (unpaired) electrons. The topological polar surface area (TPSA) is 45.7 Å². The lowest BCUT2D eigenvalue weighted by Gasteiger charge is -2.39. The minimum absolute atomic E-state index is 0.212. The van der Waals surface area contributed by atoms with E-state index in [9.17, 15) is 18.0 Å². The summed E-state index contributed by atoms with van der Waals surface area (Å²) in [7, 11) is 1.37. The Morgan fingerprint density at radius 2 is 2.00 bits per heavy atom. The lowest BCUT2D eigenvalue weighted by Crippen LogP contribution is -2.51. The molecule has 4 rings (SSSR count). The van der Waals surface area contributed by atoms with E-state index in [2.05, 4.69) is 27.8 Å². The lowest BCUT2D eigenvalue weighted by atomic mass is 10.0. The first-order chi connectivity index (χ1) is 15.1. The number of anilines is 1. The van der Waals surface area contributed by atoms with Crippen LogP contribution in [0.15, 0.2) is 36.4 Å². The Bertz CT molecular complexity index is 1150. The molecule has 2 aromatic carbocycles. The van der Waals surface area contributed by atoms with E-state index in [-0.39, 0.29) is 12.0 Å². The van der Waals surface area contributed by atoms with Crippen molar-refractivity contribution in [3.8, 4) is 0 Å². The number of hydrogen-bond donors (Lipinski definition) is 0. The number of methoxy groups -OCH3 is 1. The number of aryl methyl sites for hydroxylation is 1. The number of benzene rings is 2. The number of thiazole rings is 1. The van der Waals surface area contributed by atoms with Gasteiger partial charge in [0.25, 0.3) is 0 Å². The number of alkyl halides is 3. The van der Waals surface area contributed by atoms with Gasteiger partial charge in [0.1, 0.15) is 0 Å². The summed E-state index contributed by atoms with van der Waals surface area (Å²) >= 11 is 1.30. The van der Waals surface area contributed by atoms with Gasteiger partial charge in [0, 0.05) is 32.2 Å². The number of nitrogens with zero attached hydrogens (tertiary/aromatic N) is 3. The molecule has 0 amide bonds. The van der Waals surface area contributed by atoms with Crippen molar-refractivity contribution < 1.29 is 22.7 Å². The molecular weight excluding hydrogens is 439 g/mol. The molecule has 32 heavy (non-hydrogen) atoms. The minimum Gasteiger partial charge on any atom is -0.465 e. The summed E-state index contributed by atoms with van der Waals surface area (Å²) in [5.74, 6) is -0.350. The molecule has 0 spiro atoms. The minimum atomic E-state index is -4.36. The van der Waals surface area contributed by atoms with Crippen LogP contribution in [0.25, 0.3) is 10.2 Å². The van der Waals surface area contributed by atoms with E-state index >= 15 is 0 Å². The third-order valence-corrected chi connectivity index (χ3v) is 6.76. The van der Waals surface area contributed by atoms with E-state index < -0.39 is 11.7 Å². The molecule has 0 aliphatic carbocycles. The molecule has 0 N–H and O–H groups in total. The van der Waals surface area contributed by atoms with Gasteiger partial charge in [-0.15, -0.1) is 0 Å². The molecule has 0 saturated carbocycles. The summed E-state index contributed by atoms with van der Waals surface area (Å²) < 4.78 is 44.4. The van der Waals surface area contributed by atoms with E-state index in [4.69, 9.17) is 4.74 Å². The molecule has 9 heteroatoms. The Balaban J connectivity index is 1.47. The van der Waals surface area contributed by atoms with Crippen molar-refractivity contribution in [1.29, 1.82) is 0 Å². The first kappa shape index (κ1) is 22.5. The third-order valence-electron chi connectivity index (χ3n) is 5.68. The predicted molar refractivity (Wildman–Crippen MR) is 119 cm³/mol. The van der Waals surface area contributed by atoms with Gasteiger partial charge in [-0.05, 0) is 55.3 Å². The fraction of sp³-hybridized carbons (Fsp3) is 0.391. The number of hydrogen-bond acceptors (Lipinski definition) is 6. The van der Waals surface area contributed by atoms with Crippen LogP contribution in [-0.2, 0) is 17.5 Å². The van der Waals surface area contributed by atoms with Gasteiger partial charge in [0.15, 0.2) is 5.13 Å². The summed E-state index contributed by atoms with van der Waals surface area (Å²) in [6, 6.07) is 9.65. The summed E-state index contributed by atoms with van der Waals surface area (Å²) in [6.45, 7) is 7.02. The molecule has 1 saturated heterocycles. The SMILES string of the molecule is COC(=O)c1cc(C)cc(CN2CCN(c3nc4ccc(C(F)(F)F)cc4s3)CC2C)c1. The van der Waals surface area contributed by atoms with Crippen LogP contribution >= 0.6 is 11.3 Å². The van der Waals surface area contributed by atoms with Crippen LogP contribution in [0.5, 0.6) is 0 Å². The second-order valence-electron chi connectivity index (χ2n) is 8.14. The number of ether oxygens (including phenoxy) is 1. The molecule has 5 nitrogen and oxygen atoms in total. The van der Waals surface area contributed by atoms with Crippen LogP contribution in [0.4, 0.5) is 18.3 Å². The summed E-state index contributed by atoms with van der Waals surface area (Å²) in [4.78, 5) is 20.9. The molecule has 2 heterocycles. The van der Waals surface area contributed by atoms with Gasteiger partial charge in [-0.25, -0.2) is 9.78 Å². The average Bonchev–Trinajstić information content (AvgIpc) is 3.17. The summed E-state index contributed by atoms with van der Waals surface area (Å²) in [5.41, 5.74) is 2.53. The number of carbonyl (C=O) groups is 1. The van der Waals surface area contributed by atoms with Crippen molar-refractivity contribution in [3.63, 3.8) is 0 Å². The van der Waals surface area contributed by atoms with E-state index in [1.54, 1.807) is 0 Å². The standard InChI is InChI=1S/C23H24F3N3O2S/c1-14-8-16(10-17(9-14)21(30)31-3)13-28-6-7-29(12-15(28)2)22-27-19-5-4-18(23(24,25)26)11-20(19)32-22/h4-5,8-11,15H,6-7,12-13H2,1-3H3. The van der Waals surface area contributed by atoms with Crippen molar-refractivity contribution in [2.45, 2.75) is 32.6 Å². The normalized spacial score (nSPS) is 17.7. The zero-order chi connectivity index (χ0) is 23.0. The van der Waals surface area contributed by atoms with Crippen molar-refractivity contribution in [2.75, 3.05) is 31.6 Å². The Hall–Kier alpha value is -2.65. The Morgan fingerprint density at radius 3 is 2.69 bits per heavy atom. The van der Waals surface area contributed by atoms with E-state index in [1.807, 2.05) is 19.1 Å². The number of aromatic nitrogens is 1. The highest BCUT2D eigenvalue weighted by molar-refractivity contribution is 7.22. The lowest BCUT2D eigenvalue weighted by molar-refractivity contribution is -0.137. The number of piperazine rings is 1. The largest absolute Gasteiger partial charge is 0.465 e. The van der Waals surface area contributed by atoms with Crippen molar-refractivity contribution in [3.05, 3.63) is 58.7 Å². The van der Waals surface area contributed by atoms with E-state index in [0.717, 1.165) is 42.0 Å². The van der Waals surface area contributed by atoms with Gasteiger partial charge in [0.2, 0.25) is 0 Å². The van der Waals surface area contributed by atoms with Gasteiger partial charge in [-0.2, -0.15) is 13.2 Å². The Kier molecular flexibility index (Phi) is 6.13. The molecule has 1 aromatic heterocycles. The van der Waals surface area contributed by atoms with Crippen LogP contribution in [-0.4, -0.2) is 48.6 Å². The fourth-order valence-electron chi connectivity index (χ4n) is 4.05. The Labute approximate surface area is 188 Å². The van der Waals surface area contributed by atoms with Crippen LogP contribution < -0.4 is 4.90 Å². The average molecular weight is 464 g/mol. The predicted octanol–water partition coefficient (Wildman–Crippen LogP) is 5.12. The Morgan fingerprint density at radius 1 is 1.22 bits per heavy atom. The summed E-state index contributed by atoms with van der Waals surface area (Å²) in [5, 5.41) is 0.745. The molecule has 0 bridgehead atoms. The van der Waals surface area contributed by atoms with Gasteiger partial charge >= 0.3 is 12.1 Å². The van der Waals surface area contributed by atoms with Gasteiger partial charge in [0.05, 0.1) is 28.5 Å². The van der Waals surface area contributed by atoms with Crippen LogP contribution in [0.2, 0.25) is 0 Å². The maximum atomic E-state index is 13.0. The molecule has 3 aromatic rings. The monoisotopic (exact) mass is 463 g/mol. The highest BCUT2D eigenvalue weighted by atomic mass is 32.1. The van der Waals surface area contributed by atoms with E-state index in [0.29, 0.717) is 22.3 Å². The number of rotatable bonds is 4. The fourth-order valence-corrected chi connectivity index (χ4v) is 5.09. The molecule has 1 fully saturated rings. The second kappa shape index (κ2) is 8.71. The molecule has 170 valence electrons. The van der Waals surface area contributed by atoms with Crippen molar-refractivity contribution in [1.82, 2.24) is 9.88 Å². The van der Waals surface area contributed by atoms with Crippen LogP contribution in [0, 0.1) is 6.92 Å². The first-order valence-corrected chi connectivity index (χ1v) is 11.1. The maximum Gasteiger partial charge on any atom is 0.416 e. The number of esters is 1. The second-order valence-corrected chi connectivity index (χ2v) is 9.15. The first-order valence-electron chi connectivity index (χ1n) is 10.3. The number of carbonyl (C=O) groups excluding carboxylic acids is 1. The number of fused-ring (bicyclic) bond motifs is 1. The number of halogens is 3. The van der Waals surface area contributed by atoms with Gasteiger partial charge < -0.3 is 9.64 Å². The van der Waals surface area contributed by atoms with Crippen LogP contribution in [0.3, 0.4) is 0 Å². The molecule has 1 aliphatic heterocycles. The quantitative estimate of drug-likeness (QED) is 0.503. The smallest absolute Gasteiger partial charge is 0.416 e. The van der Waals surface area contributed by atoms with Crippen molar-refractivity contribution in [2.24, 2.45) is 0 Å². The third kappa shape index (κ3) is 4.73. The highest BCUT2D eigenvalue weighted by Gasteiger charge is 2.31. The highest BCUT2D eigenvalue weighted by Crippen LogP contribution is 2.36. The van der Waals surface area contributed by atoms with Gasteiger partial charge in [-0.1, -0.05) is 17.4 Å². The van der Waals surface area contributed by atoms with E-state index in [1.165, 1.54) is 30.6 Å².